The lowest BCUT2D eigenvalue weighted by Gasteiger charge is -2.21. The molecular formula is C20H17N3O3. The van der Waals surface area contributed by atoms with Crippen LogP contribution in [0.1, 0.15) is 24.2 Å². The number of hydrogen-bond donors (Lipinski definition) is 1. The van der Waals surface area contributed by atoms with Crippen LogP contribution in [0.5, 0.6) is 11.5 Å². The second-order valence-corrected chi connectivity index (χ2v) is 6.55. The van der Waals surface area contributed by atoms with E-state index in [0.29, 0.717) is 23.1 Å². The lowest BCUT2D eigenvalue weighted by Crippen LogP contribution is -2.27. The Kier molecular flexibility index (Phi) is 3.25. The van der Waals surface area contributed by atoms with Crippen molar-refractivity contribution in [1.82, 2.24) is 9.55 Å². The highest BCUT2D eigenvalue weighted by molar-refractivity contribution is 5.85. The van der Waals surface area contributed by atoms with E-state index in [9.17, 15) is 4.79 Å². The Bertz CT molecular complexity index is 1130. The SMILES string of the molecule is Nc1ccc2c(=O)n3c(nc2c1)/C(=C\c1ccc2c(c1)OCO2)CCC3. The molecule has 0 atom stereocenters. The molecule has 5 rings (SSSR count). The molecule has 0 fully saturated rings. The zero-order valence-electron chi connectivity index (χ0n) is 14.1. The minimum Gasteiger partial charge on any atom is -0.454 e. The second-order valence-electron chi connectivity index (χ2n) is 6.55. The molecule has 6 heteroatoms. The normalized spacial score (nSPS) is 16.8. The first-order valence-corrected chi connectivity index (χ1v) is 8.60. The first kappa shape index (κ1) is 15.0. The van der Waals surface area contributed by atoms with Gasteiger partial charge in [-0.15, -0.1) is 0 Å². The molecule has 0 bridgehead atoms. The molecular weight excluding hydrogens is 330 g/mol. The van der Waals surface area contributed by atoms with Gasteiger partial charge in [-0.25, -0.2) is 4.98 Å². The van der Waals surface area contributed by atoms with E-state index >= 15 is 0 Å². The number of aromatic nitrogens is 2. The van der Waals surface area contributed by atoms with Gasteiger partial charge in [0.15, 0.2) is 11.5 Å². The minimum absolute atomic E-state index is 0.0127. The molecule has 26 heavy (non-hydrogen) atoms. The molecule has 3 aromatic rings. The van der Waals surface area contributed by atoms with Gasteiger partial charge in [0, 0.05) is 12.2 Å². The molecule has 2 aliphatic heterocycles. The third-order valence-corrected chi connectivity index (χ3v) is 4.83. The molecule has 0 saturated carbocycles. The smallest absolute Gasteiger partial charge is 0.261 e. The number of nitrogens with zero attached hydrogens (tertiary/aromatic N) is 2. The van der Waals surface area contributed by atoms with Crippen molar-refractivity contribution in [3.63, 3.8) is 0 Å². The van der Waals surface area contributed by atoms with Crippen molar-refractivity contribution < 1.29 is 9.47 Å². The van der Waals surface area contributed by atoms with Gasteiger partial charge in [-0.05, 0) is 60.4 Å². The largest absolute Gasteiger partial charge is 0.454 e. The Morgan fingerprint density at radius 3 is 2.92 bits per heavy atom. The van der Waals surface area contributed by atoms with Crippen LogP contribution in [-0.2, 0) is 6.54 Å². The molecule has 0 radical (unpaired) electrons. The highest BCUT2D eigenvalue weighted by atomic mass is 16.7. The van der Waals surface area contributed by atoms with Crippen LogP contribution in [0.4, 0.5) is 5.69 Å². The summed E-state index contributed by atoms with van der Waals surface area (Å²) >= 11 is 0. The Hall–Kier alpha value is -3.28. The van der Waals surface area contributed by atoms with Gasteiger partial charge >= 0.3 is 0 Å². The fourth-order valence-electron chi connectivity index (χ4n) is 3.57. The Morgan fingerprint density at radius 2 is 2.00 bits per heavy atom. The summed E-state index contributed by atoms with van der Waals surface area (Å²) in [6, 6.07) is 11.1. The molecule has 2 aliphatic rings. The van der Waals surface area contributed by atoms with Crippen molar-refractivity contribution in [3.8, 4) is 11.5 Å². The molecule has 6 nitrogen and oxygen atoms in total. The Balaban J connectivity index is 1.67. The fraction of sp³-hybridized carbons (Fsp3) is 0.200. The van der Waals surface area contributed by atoms with Crippen LogP contribution in [0.25, 0.3) is 22.6 Å². The molecule has 0 saturated heterocycles. The van der Waals surface area contributed by atoms with E-state index < -0.39 is 0 Å². The third kappa shape index (κ3) is 2.34. The molecule has 3 heterocycles. The van der Waals surface area contributed by atoms with Gasteiger partial charge in [0.25, 0.3) is 5.56 Å². The summed E-state index contributed by atoms with van der Waals surface area (Å²) in [5, 5.41) is 0.604. The van der Waals surface area contributed by atoms with E-state index in [1.165, 1.54) is 0 Å². The number of hydrogen-bond acceptors (Lipinski definition) is 5. The van der Waals surface area contributed by atoms with Crippen LogP contribution >= 0.6 is 0 Å². The van der Waals surface area contributed by atoms with E-state index in [2.05, 4.69) is 6.08 Å². The maximum absolute atomic E-state index is 12.9. The van der Waals surface area contributed by atoms with Crippen molar-refractivity contribution >= 4 is 28.2 Å². The minimum atomic E-state index is -0.0127. The van der Waals surface area contributed by atoms with Gasteiger partial charge in [0.05, 0.1) is 10.9 Å². The first-order chi connectivity index (χ1) is 12.7. The number of rotatable bonds is 1. The molecule has 0 unspecified atom stereocenters. The lowest BCUT2D eigenvalue weighted by atomic mass is 10.0. The molecule has 1 aromatic heterocycles. The maximum atomic E-state index is 12.9. The second kappa shape index (κ2) is 5.62. The van der Waals surface area contributed by atoms with Gasteiger partial charge in [0.1, 0.15) is 5.82 Å². The van der Waals surface area contributed by atoms with Crippen molar-refractivity contribution in [3.05, 3.63) is 58.1 Å². The van der Waals surface area contributed by atoms with Gasteiger partial charge in [-0.1, -0.05) is 6.07 Å². The van der Waals surface area contributed by atoms with E-state index in [-0.39, 0.29) is 12.4 Å². The van der Waals surface area contributed by atoms with Crippen LogP contribution in [-0.4, -0.2) is 16.3 Å². The number of ether oxygens (including phenoxy) is 2. The van der Waals surface area contributed by atoms with E-state index in [1.54, 1.807) is 22.8 Å². The zero-order chi connectivity index (χ0) is 17.7. The van der Waals surface area contributed by atoms with E-state index in [1.807, 2.05) is 18.2 Å². The quantitative estimate of drug-likeness (QED) is 0.685. The molecule has 2 aromatic carbocycles. The van der Waals surface area contributed by atoms with Gasteiger partial charge in [-0.2, -0.15) is 0 Å². The fourth-order valence-corrected chi connectivity index (χ4v) is 3.57. The number of nitrogens with two attached hydrogens (primary N) is 1. The van der Waals surface area contributed by atoms with E-state index in [4.69, 9.17) is 20.2 Å². The average molecular weight is 347 g/mol. The molecule has 130 valence electrons. The predicted molar refractivity (Wildman–Crippen MR) is 100 cm³/mol. The van der Waals surface area contributed by atoms with Crippen LogP contribution in [0, 0.1) is 0 Å². The summed E-state index contributed by atoms with van der Waals surface area (Å²) in [4.78, 5) is 17.6. The summed E-state index contributed by atoms with van der Waals surface area (Å²) in [5.74, 6) is 2.22. The molecule has 2 N–H and O–H groups in total. The van der Waals surface area contributed by atoms with Gasteiger partial charge in [0.2, 0.25) is 6.79 Å². The summed E-state index contributed by atoms with van der Waals surface area (Å²) in [6.07, 6.45) is 3.84. The molecule has 0 spiro atoms. The number of nitrogen functional groups attached to an aromatic ring is 1. The highest BCUT2D eigenvalue weighted by Gasteiger charge is 2.20. The Labute approximate surface area is 149 Å². The molecule has 0 amide bonds. The topological polar surface area (TPSA) is 79.4 Å². The first-order valence-electron chi connectivity index (χ1n) is 8.60. The molecule has 0 aliphatic carbocycles. The zero-order valence-corrected chi connectivity index (χ0v) is 14.1. The number of benzene rings is 2. The summed E-state index contributed by atoms with van der Waals surface area (Å²) in [5.41, 5.74) is 9.14. The number of fused-ring (bicyclic) bond motifs is 3. The standard InChI is InChI=1S/C20H17N3O3/c21-14-4-5-15-16(10-14)22-19-13(2-1-7-23(19)20(15)24)8-12-3-6-17-18(9-12)26-11-25-17/h3-6,8-10H,1-2,7,11,21H2/b13-8-. The third-order valence-electron chi connectivity index (χ3n) is 4.83. The Morgan fingerprint density at radius 1 is 1.12 bits per heavy atom. The summed E-state index contributed by atoms with van der Waals surface area (Å²) in [6.45, 7) is 0.933. The number of anilines is 1. The van der Waals surface area contributed by atoms with Crippen molar-refractivity contribution in [2.24, 2.45) is 0 Å². The van der Waals surface area contributed by atoms with Crippen molar-refractivity contribution in [1.29, 1.82) is 0 Å². The van der Waals surface area contributed by atoms with Crippen molar-refractivity contribution in [2.75, 3.05) is 12.5 Å². The lowest BCUT2D eigenvalue weighted by molar-refractivity contribution is 0.174. The van der Waals surface area contributed by atoms with Crippen LogP contribution in [0.15, 0.2) is 41.2 Å². The van der Waals surface area contributed by atoms with Gasteiger partial charge in [-0.3, -0.25) is 9.36 Å². The van der Waals surface area contributed by atoms with Crippen LogP contribution < -0.4 is 20.8 Å². The van der Waals surface area contributed by atoms with Crippen molar-refractivity contribution in [2.45, 2.75) is 19.4 Å². The number of allylic oxidation sites excluding steroid dienone is 1. The van der Waals surface area contributed by atoms with E-state index in [0.717, 1.165) is 41.3 Å². The highest BCUT2D eigenvalue weighted by Crippen LogP contribution is 2.34. The van der Waals surface area contributed by atoms with Crippen LogP contribution in [0.3, 0.4) is 0 Å². The van der Waals surface area contributed by atoms with Gasteiger partial charge < -0.3 is 15.2 Å². The summed E-state index contributed by atoms with van der Waals surface area (Å²) in [7, 11) is 0. The monoisotopic (exact) mass is 347 g/mol. The average Bonchev–Trinajstić information content (AvgIpc) is 3.10. The maximum Gasteiger partial charge on any atom is 0.261 e. The predicted octanol–water partition coefficient (Wildman–Crippen LogP) is 3.04. The summed E-state index contributed by atoms with van der Waals surface area (Å²) < 4.78 is 12.6. The van der Waals surface area contributed by atoms with Crippen LogP contribution in [0.2, 0.25) is 0 Å².